The van der Waals surface area contributed by atoms with E-state index in [0.29, 0.717) is 30.2 Å². The van der Waals surface area contributed by atoms with Gasteiger partial charge in [-0.2, -0.15) is 0 Å². The van der Waals surface area contributed by atoms with Crippen LogP contribution in [0.1, 0.15) is 51.4 Å². The minimum absolute atomic E-state index is 0.0192. The molecular weight excluding hydrogens is 783 g/mol. The number of benzene rings is 1. The van der Waals surface area contributed by atoms with Crippen LogP contribution in [0.5, 0.6) is 0 Å². The number of hydrogen-bond acceptors (Lipinski definition) is 12. The summed E-state index contributed by atoms with van der Waals surface area (Å²) in [6.07, 6.45) is 0.835. The maximum atomic E-state index is 14.3. The fourth-order valence-electron chi connectivity index (χ4n) is 6.47. The van der Waals surface area contributed by atoms with Gasteiger partial charge in [0.25, 0.3) is 0 Å². The molecule has 0 unspecified atom stereocenters. The van der Waals surface area contributed by atoms with E-state index in [1.54, 1.807) is 12.1 Å². The first-order valence-corrected chi connectivity index (χ1v) is 20.9. The zero-order valence-corrected chi connectivity index (χ0v) is 32.8. The van der Waals surface area contributed by atoms with Gasteiger partial charge in [0.1, 0.15) is 30.2 Å². The molecule has 2 fully saturated rings. The minimum atomic E-state index is -1.68. The monoisotopic (exact) mass is 831 g/mol. The molecule has 22 heteroatoms. The topological polar surface area (TPSA) is 323 Å². The Morgan fingerprint density at radius 2 is 1.65 bits per heavy atom. The van der Waals surface area contributed by atoms with E-state index >= 15 is 0 Å². The van der Waals surface area contributed by atoms with Crippen LogP contribution >= 0.6 is 21.6 Å². The quantitative estimate of drug-likeness (QED) is 0.0472. The lowest BCUT2D eigenvalue weighted by Gasteiger charge is -2.30. The molecule has 1 aromatic carbocycles. The normalized spacial score (nSPS) is 24.4. The molecule has 0 saturated carbocycles. The van der Waals surface area contributed by atoms with Gasteiger partial charge in [0.05, 0.1) is 24.9 Å². The summed E-state index contributed by atoms with van der Waals surface area (Å²) in [5, 5.41) is 23.8. The molecule has 12 N–H and O–H groups in total. The Bertz CT molecular complexity index is 1860. The van der Waals surface area contributed by atoms with Crippen molar-refractivity contribution in [2.24, 2.45) is 27.2 Å². The molecule has 0 bridgehead atoms. The number of fused-ring (bicyclic) bond motifs is 2. The summed E-state index contributed by atoms with van der Waals surface area (Å²) in [5.41, 5.74) is 17.1. The lowest BCUT2D eigenvalue weighted by atomic mass is 10.0. The summed E-state index contributed by atoms with van der Waals surface area (Å²) in [5.74, 6) is -6.33. The first-order valence-electron chi connectivity index (χ1n) is 18.4. The first kappa shape index (κ1) is 44.3. The van der Waals surface area contributed by atoms with E-state index in [-0.39, 0.29) is 62.8 Å². The minimum Gasteiger partial charge on any atom is -0.481 e. The molecule has 3 aliphatic heterocycles. The first-order chi connectivity index (χ1) is 27.2. The molecule has 2 saturated heterocycles. The van der Waals surface area contributed by atoms with Gasteiger partial charge in [-0.3, -0.25) is 48.3 Å². The maximum absolute atomic E-state index is 14.3. The number of guanidine groups is 1. The molecule has 3 heterocycles. The van der Waals surface area contributed by atoms with Crippen molar-refractivity contribution in [2.75, 3.05) is 37.7 Å². The van der Waals surface area contributed by atoms with Crippen molar-refractivity contribution in [3.63, 3.8) is 0 Å². The van der Waals surface area contributed by atoms with Gasteiger partial charge in [-0.05, 0) is 43.7 Å². The Balaban J connectivity index is 1.62. The number of hydrogen-bond donors (Lipinski definition) is 9. The highest BCUT2D eigenvalue weighted by Crippen LogP contribution is 2.24. The van der Waals surface area contributed by atoms with Gasteiger partial charge >= 0.3 is 5.97 Å². The van der Waals surface area contributed by atoms with Crippen LogP contribution in [0.15, 0.2) is 34.3 Å². The smallest absolute Gasteiger partial charge is 0.305 e. The van der Waals surface area contributed by atoms with Crippen molar-refractivity contribution in [1.29, 1.82) is 0 Å². The van der Waals surface area contributed by atoms with Crippen LogP contribution in [0.4, 0.5) is 0 Å². The van der Waals surface area contributed by atoms with Gasteiger partial charge in [-0.1, -0.05) is 39.8 Å². The molecule has 310 valence electrons. The molecular formula is C35H49N11O9S2. The molecule has 20 nitrogen and oxygen atoms in total. The van der Waals surface area contributed by atoms with Crippen LogP contribution in [-0.4, -0.2) is 131 Å². The van der Waals surface area contributed by atoms with Crippen molar-refractivity contribution in [1.82, 2.24) is 31.5 Å². The Hall–Kier alpha value is -5.38. The van der Waals surface area contributed by atoms with E-state index in [1.165, 1.54) is 26.5 Å². The Morgan fingerprint density at radius 1 is 0.895 bits per heavy atom. The van der Waals surface area contributed by atoms with Gasteiger partial charge in [-0.15, -0.1) is 0 Å². The van der Waals surface area contributed by atoms with Crippen LogP contribution in [-0.2, 0) is 38.4 Å². The molecule has 7 amide bonds. The molecule has 0 spiro atoms. The second-order valence-electron chi connectivity index (χ2n) is 13.6. The largest absolute Gasteiger partial charge is 0.481 e. The number of amides is 7. The summed E-state index contributed by atoms with van der Waals surface area (Å²) in [6, 6.07) is 1.05. The third kappa shape index (κ3) is 13.7. The van der Waals surface area contributed by atoms with Crippen molar-refractivity contribution in [2.45, 2.75) is 81.6 Å². The molecule has 57 heavy (non-hydrogen) atoms. The molecule has 0 radical (unpaired) electrons. The molecule has 0 aromatic heterocycles. The summed E-state index contributed by atoms with van der Waals surface area (Å²) in [7, 11) is 2.45. The SMILES string of the molecule is NC(=O)[C@@H]1CSSCCC(=O)N[C@@H](CCCCN=C(N)N)C(=O)NCC(=O)N[C@@H](CC(=O)O)C(=O)N[C@@H](CC2=c3ccccc3=NC2)C(=O)N2CCC[C@H]2C(=O)N1. The summed E-state index contributed by atoms with van der Waals surface area (Å²) in [6.45, 7) is -0.00161. The third-order valence-corrected chi connectivity index (χ3v) is 11.7. The number of nitrogens with one attached hydrogen (secondary N) is 5. The summed E-state index contributed by atoms with van der Waals surface area (Å²) >= 11 is 0. The van der Waals surface area contributed by atoms with Crippen molar-refractivity contribution >= 4 is 80.4 Å². The number of carbonyl (C=O) groups is 8. The van der Waals surface area contributed by atoms with Gasteiger partial charge in [-0.25, -0.2) is 0 Å². The van der Waals surface area contributed by atoms with Crippen molar-refractivity contribution < 1.29 is 43.5 Å². The highest BCUT2D eigenvalue weighted by molar-refractivity contribution is 8.76. The highest BCUT2D eigenvalue weighted by Gasteiger charge is 2.40. The predicted molar refractivity (Wildman–Crippen MR) is 211 cm³/mol. The van der Waals surface area contributed by atoms with Crippen molar-refractivity contribution in [3.05, 3.63) is 34.8 Å². The standard InChI is InChI=1S/C35H49N11O9S2/c36-30(51)25-18-57-56-13-10-27(47)42-22(8-3-4-11-39-35(37)38)31(52)41-17-28(48)43-23(15-29(49)50)32(53)44-24(14-19-16-40-21-7-2-1-6-20(19)21)34(55)46-12-5-9-26(46)33(54)45-25/h1-2,6-7,22-26H,3-5,8-18H2,(H2,36,51)(H,41,52)(H,42,47)(H,43,48)(H,44,53)(H,45,54)(H,49,50)(H4,37,38,39)/t22-,23-,24-,25-,26-/m0/s1. The number of rotatable bonds is 10. The number of primary amides is 1. The number of aliphatic carboxylic acids is 1. The van der Waals surface area contributed by atoms with E-state index in [2.05, 4.69) is 36.6 Å². The number of aliphatic imine (C=N–C) groups is 1. The number of unbranched alkanes of at least 4 members (excludes halogenated alkanes) is 1. The molecule has 1 aromatic rings. The van der Waals surface area contributed by atoms with Gasteiger partial charge in [0, 0.05) is 42.7 Å². The van der Waals surface area contributed by atoms with Gasteiger partial charge in [0.2, 0.25) is 41.4 Å². The lowest BCUT2D eigenvalue weighted by Crippen LogP contribution is -2.58. The van der Waals surface area contributed by atoms with E-state index in [4.69, 9.17) is 17.2 Å². The molecule has 5 atom stereocenters. The Labute approximate surface area is 335 Å². The maximum Gasteiger partial charge on any atom is 0.305 e. The number of para-hydroxylation sites is 1. The van der Waals surface area contributed by atoms with E-state index < -0.39 is 90.5 Å². The van der Waals surface area contributed by atoms with Crippen LogP contribution in [0, 0.1) is 0 Å². The lowest BCUT2D eigenvalue weighted by molar-refractivity contribution is -0.143. The van der Waals surface area contributed by atoms with Crippen LogP contribution in [0.25, 0.3) is 5.57 Å². The fourth-order valence-corrected chi connectivity index (χ4v) is 8.64. The highest BCUT2D eigenvalue weighted by atomic mass is 33.1. The number of carboxylic acid groups (broad SMARTS) is 1. The van der Waals surface area contributed by atoms with Crippen LogP contribution in [0.2, 0.25) is 0 Å². The number of carboxylic acids is 1. The van der Waals surface area contributed by atoms with E-state index in [1.807, 2.05) is 12.1 Å². The summed E-state index contributed by atoms with van der Waals surface area (Å²) < 4.78 is 0. The summed E-state index contributed by atoms with van der Waals surface area (Å²) in [4.78, 5) is 115. The second kappa shape index (κ2) is 21.8. The van der Waals surface area contributed by atoms with Crippen molar-refractivity contribution in [3.8, 4) is 0 Å². The Morgan fingerprint density at radius 3 is 2.39 bits per heavy atom. The Kier molecular flexibility index (Phi) is 17.0. The number of nitrogens with two attached hydrogens (primary N) is 3. The number of nitrogens with zero attached hydrogens (tertiary/aromatic N) is 3. The fraction of sp³-hybridized carbons (Fsp3) is 0.543. The average Bonchev–Trinajstić information content (AvgIpc) is 3.82. The van der Waals surface area contributed by atoms with Crippen LogP contribution < -0.4 is 54.4 Å². The molecule has 4 rings (SSSR count). The molecule has 3 aliphatic rings. The number of carbonyl (C=O) groups excluding carboxylic acids is 7. The molecule has 0 aliphatic carbocycles. The second-order valence-corrected chi connectivity index (χ2v) is 16.2. The van der Waals surface area contributed by atoms with Gasteiger partial charge in [0.15, 0.2) is 5.96 Å². The average molecular weight is 832 g/mol. The predicted octanol–water partition coefficient (Wildman–Crippen LogP) is -3.90. The van der Waals surface area contributed by atoms with Crippen LogP contribution in [0.3, 0.4) is 0 Å². The zero-order chi connectivity index (χ0) is 41.5. The zero-order valence-electron chi connectivity index (χ0n) is 31.2. The van der Waals surface area contributed by atoms with E-state index in [9.17, 15) is 43.5 Å². The third-order valence-electron chi connectivity index (χ3n) is 9.32. The van der Waals surface area contributed by atoms with E-state index in [0.717, 1.165) is 5.22 Å². The van der Waals surface area contributed by atoms with Gasteiger partial charge < -0.3 is 53.8 Å².